The number of pyridine rings is 1. The highest BCUT2D eigenvalue weighted by molar-refractivity contribution is 6.23. The summed E-state index contributed by atoms with van der Waals surface area (Å²) < 4.78 is 55.5. The number of aryl methyl sites for hydroxylation is 2. The van der Waals surface area contributed by atoms with E-state index in [9.17, 15) is 5.26 Å². The van der Waals surface area contributed by atoms with Crippen LogP contribution in [0.15, 0.2) is 102 Å². The monoisotopic (exact) mass is 480 g/mol. The van der Waals surface area contributed by atoms with Gasteiger partial charge in [-0.3, -0.25) is 4.98 Å². The summed E-state index contributed by atoms with van der Waals surface area (Å²) in [6.45, 7) is -5.15. The molecule has 0 aliphatic carbocycles. The van der Waals surface area contributed by atoms with Crippen molar-refractivity contribution in [2.45, 2.75) is 13.7 Å². The summed E-state index contributed by atoms with van der Waals surface area (Å²) in [5.74, 6) is 0. The van der Waals surface area contributed by atoms with Gasteiger partial charge in [-0.2, -0.15) is 5.26 Å². The topological polar surface area (TPSA) is 49.8 Å². The van der Waals surface area contributed by atoms with Crippen molar-refractivity contribution >= 4 is 43.5 Å². The minimum atomic E-state index is -2.58. The highest BCUT2D eigenvalue weighted by Crippen LogP contribution is 2.41. The van der Waals surface area contributed by atoms with Crippen LogP contribution < -0.4 is 0 Å². The van der Waals surface area contributed by atoms with Crippen LogP contribution in [-0.2, 0) is 0 Å². The maximum atomic E-state index is 9.41. The highest BCUT2D eigenvalue weighted by Gasteiger charge is 2.17. The lowest BCUT2D eigenvalue weighted by Crippen LogP contribution is -1.92. The van der Waals surface area contributed by atoms with Crippen molar-refractivity contribution in [3.63, 3.8) is 0 Å². The summed E-state index contributed by atoms with van der Waals surface area (Å²) in [6, 6.07) is 30.0. The molecule has 2 heterocycles. The molecular weight excluding hydrogens is 452 g/mol. The van der Waals surface area contributed by atoms with Gasteiger partial charge in [-0.15, -0.1) is 0 Å². The van der Waals surface area contributed by atoms with Gasteiger partial charge < -0.3 is 4.42 Å². The van der Waals surface area contributed by atoms with Gasteiger partial charge >= 0.3 is 0 Å². The predicted octanol–water partition coefficient (Wildman–Crippen LogP) is 9.11. The molecule has 2 aromatic heterocycles. The maximum Gasteiger partial charge on any atom is 0.144 e. The van der Waals surface area contributed by atoms with Crippen LogP contribution in [0.4, 0.5) is 0 Å². The Balaban J connectivity index is 1.52. The Morgan fingerprint density at radius 3 is 2.41 bits per heavy atom. The van der Waals surface area contributed by atoms with Crippen LogP contribution in [-0.4, -0.2) is 4.98 Å². The fraction of sp³-hybridized carbons (Fsp3) is 0.0588. The first kappa shape index (κ1) is 15.9. The second-order valence-electron chi connectivity index (χ2n) is 9.10. The summed E-state index contributed by atoms with van der Waals surface area (Å²) in [5.41, 5.74) is 2.82. The molecule has 174 valence electrons. The van der Waals surface area contributed by atoms with Crippen LogP contribution in [0.1, 0.15) is 24.9 Å². The van der Waals surface area contributed by atoms with E-state index >= 15 is 0 Å². The quantitative estimate of drug-likeness (QED) is 0.232. The molecule has 0 aliphatic heterocycles. The Bertz CT molecular complexity index is 2290. The Hall–Kier alpha value is -4.94. The Morgan fingerprint density at radius 2 is 1.51 bits per heavy atom. The van der Waals surface area contributed by atoms with E-state index in [0.29, 0.717) is 16.8 Å². The van der Waals surface area contributed by atoms with Gasteiger partial charge in [0, 0.05) is 36.1 Å². The lowest BCUT2D eigenvalue weighted by molar-refractivity contribution is 0.674. The molecule has 0 saturated heterocycles. The first-order valence-corrected chi connectivity index (χ1v) is 11.9. The smallest absolute Gasteiger partial charge is 0.144 e. The van der Waals surface area contributed by atoms with Gasteiger partial charge in [0.2, 0.25) is 0 Å². The third kappa shape index (κ3) is 3.23. The molecule has 0 saturated carbocycles. The maximum absolute atomic E-state index is 9.41. The minimum absolute atomic E-state index is 0.0827. The molecule has 0 N–H and O–H groups in total. The van der Waals surface area contributed by atoms with E-state index in [0.717, 1.165) is 37.9 Å². The molecule has 7 aromatic rings. The number of nitrogens with zero attached hydrogens (tertiary/aromatic N) is 2. The van der Waals surface area contributed by atoms with Crippen LogP contribution in [0.25, 0.3) is 65.9 Å². The zero-order chi connectivity index (χ0) is 30.1. The molecule has 0 unspecified atom stereocenters. The van der Waals surface area contributed by atoms with Crippen molar-refractivity contribution in [1.29, 1.82) is 5.26 Å². The number of aromatic nitrogens is 1. The van der Waals surface area contributed by atoms with E-state index in [-0.39, 0.29) is 27.8 Å². The molecule has 37 heavy (non-hydrogen) atoms. The first-order chi connectivity index (χ1) is 20.5. The largest absolute Gasteiger partial charge is 0.455 e. The summed E-state index contributed by atoms with van der Waals surface area (Å²) in [5, 5.41) is 15.5. The van der Waals surface area contributed by atoms with E-state index in [1.165, 1.54) is 24.4 Å². The van der Waals surface area contributed by atoms with Gasteiger partial charge in [0.25, 0.3) is 0 Å². The Morgan fingerprint density at radius 1 is 0.703 bits per heavy atom. The molecule has 0 atom stereocenters. The van der Waals surface area contributed by atoms with E-state index in [2.05, 4.69) is 35.3 Å². The molecule has 3 heteroatoms. The summed E-state index contributed by atoms with van der Waals surface area (Å²) in [4.78, 5) is 4.55. The van der Waals surface area contributed by atoms with Crippen molar-refractivity contribution in [3.05, 3.63) is 114 Å². The van der Waals surface area contributed by atoms with E-state index in [4.69, 9.17) is 12.6 Å². The van der Waals surface area contributed by atoms with Gasteiger partial charge in [-0.25, -0.2) is 0 Å². The molecule has 0 aliphatic rings. The zero-order valence-corrected chi connectivity index (χ0v) is 19.5. The van der Waals surface area contributed by atoms with Gasteiger partial charge in [0.05, 0.1) is 17.3 Å². The SMILES string of the molecule is [2H]C([2H])([2H])c1cnc(-c2cccc3c2oc2c3ccc3ccc4ccccc4c32)cc1-c1ccc(C#N)cc1C([2H])([2H])[2H]. The molecule has 0 bridgehead atoms. The number of hydrogen-bond acceptors (Lipinski definition) is 3. The van der Waals surface area contributed by atoms with Crippen LogP contribution >= 0.6 is 0 Å². The lowest BCUT2D eigenvalue weighted by Gasteiger charge is -2.12. The van der Waals surface area contributed by atoms with Crippen molar-refractivity contribution in [1.82, 2.24) is 4.98 Å². The van der Waals surface area contributed by atoms with Crippen LogP contribution in [0.5, 0.6) is 0 Å². The first-order valence-electron chi connectivity index (χ1n) is 14.9. The Labute approximate surface area is 222 Å². The third-order valence-electron chi connectivity index (χ3n) is 6.99. The van der Waals surface area contributed by atoms with Crippen molar-refractivity contribution in [2.75, 3.05) is 0 Å². The van der Waals surface area contributed by atoms with Gasteiger partial charge in [0.15, 0.2) is 0 Å². The second-order valence-corrected chi connectivity index (χ2v) is 9.10. The van der Waals surface area contributed by atoms with E-state index in [1.54, 1.807) is 6.07 Å². The Kier molecular flexibility index (Phi) is 3.46. The number of fused-ring (bicyclic) bond motifs is 7. The second kappa shape index (κ2) is 8.05. The number of para-hydroxylation sites is 1. The van der Waals surface area contributed by atoms with Crippen molar-refractivity contribution in [2.24, 2.45) is 0 Å². The number of furan rings is 1. The lowest BCUT2D eigenvalue weighted by atomic mass is 9.94. The molecule has 7 rings (SSSR count). The standard InChI is InChI=1S/C34H22N2O/c1-20-16-22(18-35)10-14-25(20)30-17-31(36-19-21(30)2)29-9-5-8-27-28-15-13-24-12-11-23-6-3-4-7-26(23)32(24)34(28)37-33(27)29/h3-17,19H,1-2H3/i1D3,2D3. The van der Waals surface area contributed by atoms with Gasteiger partial charge in [-0.05, 0) is 82.4 Å². The molecule has 0 spiro atoms. The number of nitriles is 1. The molecular formula is C34H22N2O. The number of rotatable bonds is 2. The molecule has 0 amide bonds. The van der Waals surface area contributed by atoms with Crippen LogP contribution in [0.2, 0.25) is 0 Å². The van der Waals surface area contributed by atoms with Crippen molar-refractivity contribution in [3.8, 4) is 28.5 Å². The third-order valence-corrected chi connectivity index (χ3v) is 6.99. The van der Waals surface area contributed by atoms with Crippen LogP contribution in [0, 0.1) is 25.0 Å². The zero-order valence-electron chi connectivity index (χ0n) is 25.5. The summed E-state index contributed by atoms with van der Waals surface area (Å²) in [7, 11) is 0. The fourth-order valence-electron chi connectivity index (χ4n) is 5.22. The normalized spacial score (nSPS) is 14.6. The molecule has 5 aromatic carbocycles. The summed E-state index contributed by atoms with van der Waals surface area (Å²) in [6.07, 6.45) is 1.28. The number of hydrogen-bond donors (Lipinski definition) is 0. The van der Waals surface area contributed by atoms with Gasteiger partial charge in [-0.1, -0.05) is 60.7 Å². The predicted molar refractivity (Wildman–Crippen MR) is 152 cm³/mol. The van der Waals surface area contributed by atoms with Gasteiger partial charge in [0.1, 0.15) is 11.2 Å². The average Bonchev–Trinajstić information content (AvgIpc) is 3.38. The molecule has 0 radical (unpaired) electrons. The fourth-order valence-corrected chi connectivity index (χ4v) is 5.22. The average molecular weight is 481 g/mol. The van der Waals surface area contributed by atoms with E-state index < -0.39 is 13.7 Å². The highest BCUT2D eigenvalue weighted by atomic mass is 16.3. The van der Waals surface area contributed by atoms with E-state index in [1.807, 2.05) is 42.5 Å². The van der Waals surface area contributed by atoms with Crippen molar-refractivity contribution < 1.29 is 12.6 Å². The minimum Gasteiger partial charge on any atom is -0.455 e. The van der Waals surface area contributed by atoms with Crippen LogP contribution in [0.3, 0.4) is 0 Å². The summed E-state index contributed by atoms with van der Waals surface area (Å²) >= 11 is 0. The number of benzene rings is 5. The molecule has 3 nitrogen and oxygen atoms in total. The molecule has 0 fully saturated rings.